The summed E-state index contributed by atoms with van der Waals surface area (Å²) < 4.78 is 5.46. The molecule has 1 fully saturated rings. The highest BCUT2D eigenvalue weighted by molar-refractivity contribution is 5.90. The van der Waals surface area contributed by atoms with Crippen molar-refractivity contribution in [2.75, 3.05) is 25.0 Å². The number of rotatable bonds is 10. The number of anilines is 1. The first-order valence-corrected chi connectivity index (χ1v) is 12.3. The minimum atomic E-state index is -1.03. The van der Waals surface area contributed by atoms with Crippen LogP contribution < -0.4 is 15.4 Å². The Morgan fingerprint density at radius 1 is 1.11 bits per heavy atom. The van der Waals surface area contributed by atoms with Crippen molar-refractivity contribution in [1.82, 2.24) is 15.2 Å². The number of carboxylic acid groups (broad SMARTS) is 1. The summed E-state index contributed by atoms with van der Waals surface area (Å²) >= 11 is 0. The Morgan fingerprint density at radius 3 is 2.58 bits per heavy atom. The molecule has 0 bridgehead atoms. The second kappa shape index (κ2) is 13.1. The van der Waals surface area contributed by atoms with Crippen LogP contribution in [0, 0.1) is 5.53 Å². The van der Waals surface area contributed by atoms with Gasteiger partial charge in [0.05, 0.1) is 23.5 Å². The molecule has 3 aromatic rings. The number of amides is 1. The number of hydrogen-bond acceptors (Lipinski definition) is 8. The molecular weight excluding hydrogens is 484 g/mol. The summed E-state index contributed by atoms with van der Waals surface area (Å²) in [6.07, 6.45) is 4.77. The summed E-state index contributed by atoms with van der Waals surface area (Å²) in [7, 11) is 0. The van der Waals surface area contributed by atoms with Gasteiger partial charge in [0.2, 0.25) is 0 Å². The van der Waals surface area contributed by atoms with E-state index in [1.165, 1.54) is 24.3 Å². The van der Waals surface area contributed by atoms with Crippen molar-refractivity contribution >= 4 is 17.7 Å². The van der Waals surface area contributed by atoms with Gasteiger partial charge in [-0.25, -0.2) is 15.1 Å². The monoisotopic (exact) mass is 514 g/mol. The number of aromatic nitrogens is 1. The summed E-state index contributed by atoms with van der Waals surface area (Å²) in [4.78, 5) is 29.8. The van der Waals surface area contributed by atoms with Crippen molar-refractivity contribution in [3.05, 3.63) is 102 Å². The highest BCUT2D eigenvalue weighted by Crippen LogP contribution is 2.30. The third-order valence-corrected chi connectivity index (χ3v) is 6.31. The predicted molar refractivity (Wildman–Crippen MR) is 142 cm³/mol. The quantitative estimate of drug-likeness (QED) is 0.272. The molecule has 2 heterocycles. The molecule has 1 aromatic heterocycles. The summed E-state index contributed by atoms with van der Waals surface area (Å²) in [5.41, 5.74) is 10.8. The number of likely N-dealkylation sites (tertiary alicyclic amines) is 1. The first-order valence-electron chi connectivity index (χ1n) is 12.3. The van der Waals surface area contributed by atoms with Gasteiger partial charge in [-0.05, 0) is 85.9 Å². The number of aromatic carboxylic acids is 1. The first-order chi connectivity index (χ1) is 18.5. The van der Waals surface area contributed by atoms with Gasteiger partial charge in [-0.3, -0.25) is 15.2 Å². The van der Waals surface area contributed by atoms with Gasteiger partial charge in [0.1, 0.15) is 5.75 Å². The van der Waals surface area contributed by atoms with E-state index in [-0.39, 0.29) is 5.56 Å². The van der Waals surface area contributed by atoms with Crippen molar-refractivity contribution < 1.29 is 19.4 Å². The van der Waals surface area contributed by atoms with Gasteiger partial charge in [0.25, 0.3) is 0 Å². The van der Waals surface area contributed by atoms with E-state index in [1.807, 2.05) is 36.4 Å². The molecule has 0 aliphatic carbocycles. The fraction of sp³-hybridized carbons (Fsp3) is 0.250. The van der Waals surface area contributed by atoms with Crippen molar-refractivity contribution in [3.8, 4) is 5.75 Å². The standard InChI is InChI=1S/C28H30N6O4/c29-33-25(18-30-17-24-5-1-2-13-31-24)19-34-14-11-20(12-15-34)22-4-3-6-26(16-22)38-28(37)32-23-9-7-21(8-10-23)27(35)36/h1-10,13,16,18,20,29-30H,11-12,14-15,17,19H2,(H,32,37)(H,35,36)/b25-18-,33-29?. The van der Waals surface area contributed by atoms with Crippen LogP contribution in [0.25, 0.3) is 0 Å². The lowest BCUT2D eigenvalue weighted by Crippen LogP contribution is -2.34. The summed E-state index contributed by atoms with van der Waals surface area (Å²) in [5, 5.41) is 18.5. The van der Waals surface area contributed by atoms with Gasteiger partial charge < -0.3 is 15.2 Å². The maximum absolute atomic E-state index is 12.3. The smallest absolute Gasteiger partial charge is 0.417 e. The molecule has 1 aliphatic heterocycles. The molecule has 1 amide bonds. The van der Waals surface area contributed by atoms with Crippen molar-refractivity contribution in [3.63, 3.8) is 0 Å². The van der Waals surface area contributed by atoms with E-state index in [4.69, 9.17) is 15.4 Å². The summed E-state index contributed by atoms with van der Waals surface area (Å²) in [6, 6.07) is 19.2. The number of carboxylic acids is 1. The topological polar surface area (TPSA) is 140 Å². The molecule has 0 radical (unpaired) electrons. The van der Waals surface area contributed by atoms with Crippen LogP contribution in [-0.2, 0) is 6.54 Å². The van der Waals surface area contributed by atoms with Crippen LogP contribution in [0.1, 0.15) is 40.4 Å². The molecule has 2 aromatic carbocycles. The van der Waals surface area contributed by atoms with E-state index in [1.54, 1.807) is 18.5 Å². The zero-order chi connectivity index (χ0) is 26.7. The van der Waals surface area contributed by atoms with Crippen LogP contribution in [0.2, 0.25) is 0 Å². The number of carbonyl (C=O) groups excluding carboxylic acids is 1. The van der Waals surface area contributed by atoms with E-state index in [0.29, 0.717) is 36.1 Å². The molecule has 0 saturated carbocycles. The lowest BCUT2D eigenvalue weighted by Gasteiger charge is -2.32. The van der Waals surface area contributed by atoms with E-state index in [9.17, 15) is 9.59 Å². The van der Waals surface area contributed by atoms with Gasteiger partial charge in [-0.15, -0.1) is 0 Å². The lowest BCUT2D eigenvalue weighted by atomic mass is 9.89. The zero-order valence-electron chi connectivity index (χ0n) is 20.8. The van der Waals surface area contributed by atoms with Gasteiger partial charge in [0.15, 0.2) is 0 Å². The van der Waals surface area contributed by atoms with Crippen LogP contribution in [0.3, 0.4) is 0 Å². The Bertz CT molecular complexity index is 1270. The molecule has 1 saturated heterocycles. The Hall–Kier alpha value is -4.57. The minimum Gasteiger partial charge on any atom is -0.478 e. The highest BCUT2D eigenvalue weighted by atomic mass is 16.6. The molecule has 0 unspecified atom stereocenters. The molecular formula is C28H30N6O4. The molecule has 10 nitrogen and oxygen atoms in total. The number of piperidine rings is 1. The minimum absolute atomic E-state index is 0.140. The van der Waals surface area contributed by atoms with Crippen molar-refractivity contribution in [1.29, 1.82) is 5.53 Å². The Balaban J connectivity index is 1.25. The predicted octanol–water partition coefficient (Wildman–Crippen LogP) is 5.23. The summed E-state index contributed by atoms with van der Waals surface area (Å²) in [5.74, 6) is -0.246. The van der Waals surface area contributed by atoms with Gasteiger partial charge in [0, 0.05) is 24.6 Å². The fourth-order valence-corrected chi connectivity index (χ4v) is 4.32. The molecule has 196 valence electrons. The largest absolute Gasteiger partial charge is 0.478 e. The van der Waals surface area contributed by atoms with E-state index in [2.05, 4.69) is 25.6 Å². The molecule has 38 heavy (non-hydrogen) atoms. The van der Waals surface area contributed by atoms with Crippen LogP contribution in [0.15, 0.2) is 89.9 Å². The first kappa shape index (κ1) is 26.5. The van der Waals surface area contributed by atoms with Crippen LogP contribution in [0.5, 0.6) is 5.75 Å². The average Bonchev–Trinajstić information content (AvgIpc) is 2.94. The maximum Gasteiger partial charge on any atom is 0.417 e. The van der Waals surface area contributed by atoms with Gasteiger partial charge in [-0.1, -0.05) is 18.2 Å². The highest BCUT2D eigenvalue weighted by Gasteiger charge is 2.22. The third kappa shape index (κ3) is 7.71. The number of carbonyl (C=O) groups is 2. The third-order valence-electron chi connectivity index (χ3n) is 6.31. The SMILES string of the molecule is N=N/C(=C\NCc1ccccn1)CN1CCC(c2cccc(OC(=O)Nc3ccc(C(=O)O)cc3)c2)CC1. The maximum atomic E-state index is 12.3. The Morgan fingerprint density at radius 2 is 1.89 bits per heavy atom. The number of pyridine rings is 1. The number of nitrogens with one attached hydrogen (secondary N) is 3. The van der Waals surface area contributed by atoms with E-state index in [0.717, 1.165) is 37.2 Å². The average molecular weight is 515 g/mol. The van der Waals surface area contributed by atoms with Crippen LogP contribution in [0.4, 0.5) is 10.5 Å². The second-order valence-corrected chi connectivity index (χ2v) is 8.97. The number of benzene rings is 2. The molecule has 0 spiro atoms. The molecule has 1 aliphatic rings. The lowest BCUT2D eigenvalue weighted by molar-refractivity contribution is 0.0697. The van der Waals surface area contributed by atoms with E-state index < -0.39 is 12.1 Å². The second-order valence-electron chi connectivity index (χ2n) is 8.97. The number of hydrogen-bond donors (Lipinski definition) is 4. The summed E-state index contributed by atoms with van der Waals surface area (Å²) in [6.45, 7) is 2.92. The van der Waals surface area contributed by atoms with Crippen LogP contribution in [-0.4, -0.2) is 46.7 Å². The van der Waals surface area contributed by atoms with Crippen molar-refractivity contribution in [2.45, 2.75) is 25.3 Å². The van der Waals surface area contributed by atoms with Gasteiger partial charge >= 0.3 is 12.1 Å². The number of ether oxygens (including phenoxy) is 1. The van der Waals surface area contributed by atoms with Crippen LogP contribution >= 0.6 is 0 Å². The van der Waals surface area contributed by atoms with Gasteiger partial charge in [-0.2, -0.15) is 5.11 Å². The molecule has 4 rings (SSSR count). The normalized spacial score (nSPS) is 14.5. The zero-order valence-corrected chi connectivity index (χ0v) is 20.8. The van der Waals surface area contributed by atoms with Crippen molar-refractivity contribution in [2.24, 2.45) is 5.11 Å². The van der Waals surface area contributed by atoms with E-state index >= 15 is 0 Å². The Labute approximate surface area is 220 Å². The fourth-order valence-electron chi connectivity index (χ4n) is 4.32. The molecule has 4 N–H and O–H groups in total. The number of nitrogens with zero attached hydrogens (tertiary/aromatic N) is 3. The Kier molecular flexibility index (Phi) is 9.14. The molecule has 10 heteroatoms. The molecule has 0 atom stereocenters.